The Hall–Kier alpha value is -2.75. The van der Waals surface area contributed by atoms with Crippen molar-refractivity contribution in [1.82, 2.24) is 10.6 Å². The Bertz CT molecular complexity index is 678. The number of urea groups is 1. The molecule has 1 aromatic rings. The van der Waals surface area contributed by atoms with E-state index in [1.165, 1.54) is 6.42 Å². The lowest BCUT2D eigenvalue weighted by molar-refractivity contribution is -0.126. The quantitative estimate of drug-likeness (QED) is 0.813. The summed E-state index contributed by atoms with van der Waals surface area (Å²) in [5.41, 5.74) is 0.435. The van der Waals surface area contributed by atoms with Crippen LogP contribution in [0.3, 0.4) is 0 Å². The number of ether oxygens (including phenoxy) is 2. The Morgan fingerprint density at radius 3 is 2.65 bits per heavy atom. The molecule has 0 heterocycles. The van der Waals surface area contributed by atoms with E-state index >= 15 is 0 Å². The number of nitriles is 1. The van der Waals surface area contributed by atoms with E-state index < -0.39 is 18.0 Å². The molecule has 2 rings (SSSR count). The van der Waals surface area contributed by atoms with Gasteiger partial charge in [0, 0.05) is 12.1 Å². The molecule has 1 aromatic carbocycles. The van der Waals surface area contributed by atoms with E-state index in [4.69, 9.17) is 14.7 Å². The van der Waals surface area contributed by atoms with E-state index in [1.807, 2.05) is 13.0 Å². The second kappa shape index (κ2) is 9.66. The maximum atomic E-state index is 12.2. The summed E-state index contributed by atoms with van der Waals surface area (Å²) in [6.07, 6.45) is 4.37. The molecule has 26 heavy (non-hydrogen) atoms. The molecule has 7 heteroatoms. The topological polar surface area (TPSA) is 100 Å². The van der Waals surface area contributed by atoms with Crippen molar-refractivity contribution in [2.24, 2.45) is 0 Å². The number of imide groups is 1. The van der Waals surface area contributed by atoms with Gasteiger partial charge in [0.1, 0.15) is 0 Å². The van der Waals surface area contributed by atoms with E-state index in [1.54, 1.807) is 25.1 Å². The van der Waals surface area contributed by atoms with Crippen molar-refractivity contribution in [3.63, 3.8) is 0 Å². The highest BCUT2D eigenvalue weighted by atomic mass is 16.5. The highest BCUT2D eigenvalue weighted by Crippen LogP contribution is 2.29. The van der Waals surface area contributed by atoms with Gasteiger partial charge in [0.25, 0.3) is 5.91 Å². The number of carbonyl (C=O) groups is 2. The van der Waals surface area contributed by atoms with Gasteiger partial charge in [0.15, 0.2) is 17.6 Å². The van der Waals surface area contributed by atoms with Crippen LogP contribution in [0.1, 0.15) is 51.5 Å². The fourth-order valence-corrected chi connectivity index (χ4v) is 2.87. The summed E-state index contributed by atoms with van der Waals surface area (Å²) >= 11 is 0. The first kappa shape index (κ1) is 19.6. The summed E-state index contributed by atoms with van der Waals surface area (Å²) in [7, 11) is 0. The first-order valence-electron chi connectivity index (χ1n) is 8.98. The summed E-state index contributed by atoms with van der Waals surface area (Å²) < 4.78 is 11.1. The molecule has 0 aliphatic heterocycles. The Kier molecular flexibility index (Phi) is 7.27. The molecule has 0 spiro atoms. The molecule has 1 aliphatic carbocycles. The van der Waals surface area contributed by atoms with Gasteiger partial charge in [-0.2, -0.15) is 5.26 Å². The average molecular weight is 359 g/mol. The highest BCUT2D eigenvalue weighted by Gasteiger charge is 2.21. The molecule has 2 N–H and O–H groups in total. The van der Waals surface area contributed by atoms with Crippen molar-refractivity contribution in [3.05, 3.63) is 23.8 Å². The van der Waals surface area contributed by atoms with Gasteiger partial charge < -0.3 is 14.8 Å². The number of amides is 3. The Morgan fingerprint density at radius 1 is 1.27 bits per heavy atom. The third-order valence-corrected chi connectivity index (χ3v) is 4.22. The molecule has 0 saturated heterocycles. The molecule has 3 amide bonds. The van der Waals surface area contributed by atoms with E-state index in [-0.39, 0.29) is 6.04 Å². The number of carbonyl (C=O) groups excluding carboxylic acids is 2. The number of hydrogen-bond acceptors (Lipinski definition) is 5. The predicted octanol–water partition coefficient (Wildman–Crippen LogP) is 2.88. The largest absolute Gasteiger partial charge is 0.490 e. The smallest absolute Gasteiger partial charge is 0.321 e. The van der Waals surface area contributed by atoms with Gasteiger partial charge in [-0.1, -0.05) is 19.3 Å². The van der Waals surface area contributed by atoms with Crippen molar-refractivity contribution in [2.45, 2.75) is 58.1 Å². The summed E-state index contributed by atoms with van der Waals surface area (Å²) in [4.78, 5) is 24.2. The van der Waals surface area contributed by atoms with Crippen LogP contribution in [0, 0.1) is 11.3 Å². The third kappa shape index (κ3) is 5.66. The van der Waals surface area contributed by atoms with Crippen molar-refractivity contribution in [3.8, 4) is 17.6 Å². The summed E-state index contributed by atoms with van der Waals surface area (Å²) in [6.45, 7) is 3.77. The van der Waals surface area contributed by atoms with Gasteiger partial charge in [0.05, 0.1) is 18.2 Å². The minimum Gasteiger partial charge on any atom is -0.490 e. The monoisotopic (exact) mass is 359 g/mol. The zero-order chi connectivity index (χ0) is 18.9. The van der Waals surface area contributed by atoms with E-state index in [0.29, 0.717) is 23.7 Å². The van der Waals surface area contributed by atoms with Gasteiger partial charge in [-0.25, -0.2) is 4.79 Å². The van der Waals surface area contributed by atoms with Crippen LogP contribution >= 0.6 is 0 Å². The lowest BCUT2D eigenvalue weighted by atomic mass is 9.96. The maximum Gasteiger partial charge on any atom is 0.321 e. The molecule has 0 aromatic heterocycles. The Labute approximate surface area is 153 Å². The van der Waals surface area contributed by atoms with Crippen LogP contribution in [0.2, 0.25) is 0 Å². The second-order valence-electron chi connectivity index (χ2n) is 6.26. The van der Waals surface area contributed by atoms with Gasteiger partial charge in [-0.3, -0.25) is 10.1 Å². The molecule has 1 fully saturated rings. The van der Waals surface area contributed by atoms with E-state index in [0.717, 1.165) is 25.7 Å². The maximum absolute atomic E-state index is 12.2. The van der Waals surface area contributed by atoms with Crippen LogP contribution in [0.25, 0.3) is 0 Å². The minimum atomic E-state index is -0.890. The molecule has 140 valence electrons. The standard InChI is InChI=1S/C19H25N3O4/c1-3-25-17-11-14(12-20)9-10-16(17)26-13(2)18(23)22-19(24)21-15-7-5-4-6-8-15/h9-11,13,15H,3-8H2,1-2H3,(H2,21,22,23,24)/t13-/m1/s1. The van der Waals surface area contributed by atoms with E-state index in [9.17, 15) is 9.59 Å². The van der Waals surface area contributed by atoms with Crippen molar-refractivity contribution >= 4 is 11.9 Å². The Balaban J connectivity index is 1.91. The van der Waals surface area contributed by atoms with Crippen LogP contribution < -0.4 is 20.1 Å². The number of benzene rings is 1. The molecule has 0 unspecified atom stereocenters. The zero-order valence-electron chi connectivity index (χ0n) is 15.2. The van der Waals surface area contributed by atoms with Gasteiger partial charge >= 0.3 is 6.03 Å². The summed E-state index contributed by atoms with van der Waals surface area (Å²) in [5, 5.41) is 14.1. The van der Waals surface area contributed by atoms with Crippen LogP contribution in [-0.4, -0.2) is 30.7 Å². The lowest BCUT2D eigenvalue weighted by Crippen LogP contribution is -2.48. The summed E-state index contributed by atoms with van der Waals surface area (Å²) in [5.74, 6) is 0.198. The number of hydrogen-bond donors (Lipinski definition) is 2. The fraction of sp³-hybridized carbons (Fsp3) is 0.526. The molecule has 1 saturated carbocycles. The molecule has 1 atom stereocenters. The first-order valence-corrected chi connectivity index (χ1v) is 8.98. The normalized spacial score (nSPS) is 15.4. The molecular weight excluding hydrogens is 334 g/mol. The van der Waals surface area contributed by atoms with Gasteiger partial charge in [-0.15, -0.1) is 0 Å². The van der Waals surface area contributed by atoms with Crippen LogP contribution in [0.5, 0.6) is 11.5 Å². The van der Waals surface area contributed by atoms with Gasteiger partial charge in [-0.05, 0) is 38.8 Å². The number of nitrogens with one attached hydrogen (secondary N) is 2. The van der Waals surface area contributed by atoms with Crippen molar-refractivity contribution in [1.29, 1.82) is 5.26 Å². The number of nitrogens with zero attached hydrogens (tertiary/aromatic N) is 1. The fourth-order valence-electron chi connectivity index (χ4n) is 2.87. The average Bonchev–Trinajstić information content (AvgIpc) is 2.63. The minimum absolute atomic E-state index is 0.121. The Morgan fingerprint density at radius 2 is 2.00 bits per heavy atom. The van der Waals surface area contributed by atoms with E-state index in [2.05, 4.69) is 10.6 Å². The van der Waals surface area contributed by atoms with Crippen molar-refractivity contribution < 1.29 is 19.1 Å². The second-order valence-corrected chi connectivity index (χ2v) is 6.26. The van der Waals surface area contributed by atoms with Crippen molar-refractivity contribution in [2.75, 3.05) is 6.61 Å². The first-order chi connectivity index (χ1) is 12.5. The lowest BCUT2D eigenvalue weighted by Gasteiger charge is -2.23. The molecule has 0 bridgehead atoms. The van der Waals surface area contributed by atoms with Crippen LogP contribution in [0.15, 0.2) is 18.2 Å². The highest BCUT2D eigenvalue weighted by molar-refractivity contribution is 5.96. The third-order valence-electron chi connectivity index (χ3n) is 4.22. The van der Waals surface area contributed by atoms with Crippen LogP contribution in [0.4, 0.5) is 4.79 Å². The predicted molar refractivity (Wildman–Crippen MR) is 96.0 cm³/mol. The van der Waals surface area contributed by atoms with Crippen LogP contribution in [-0.2, 0) is 4.79 Å². The molecular formula is C19H25N3O4. The number of rotatable bonds is 6. The SMILES string of the molecule is CCOc1cc(C#N)ccc1O[C@H](C)C(=O)NC(=O)NC1CCCCC1. The molecule has 0 radical (unpaired) electrons. The summed E-state index contributed by atoms with van der Waals surface area (Å²) in [6, 6.07) is 6.36. The van der Waals surface area contributed by atoms with Gasteiger partial charge in [0.2, 0.25) is 0 Å². The zero-order valence-corrected chi connectivity index (χ0v) is 15.2. The molecule has 1 aliphatic rings. The molecule has 7 nitrogen and oxygen atoms in total.